The zero-order chi connectivity index (χ0) is 13.0. The van der Waals surface area contributed by atoms with E-state index < -0.39 is 0 Å². The minimum Gasteiger partial charge on any atom is -0.351 e. The van der Waals surface area contributed by atoms with Gasteiger partial charge in [0.1, 0.15) is 0 Å². The van der Waals surface area contributed by atoms with Gasteiger partial charge in [0.25, 0.3) is 0 Å². The Labute approximate surface area is 116 Å². The molecule has 0 radical (unpaired) electrons. The maximum atomic E-state index is 11.8. The molecule has 3 heteroatoms. The molecule has 1 N–H and O–H groups in total. The number of carbonyl (C=O) groups excluding carboxylic acids is 1. The first kappa shape index (κ1) is 12.2. The molecule has 2 nitrogen and oxygen atoms in total. The van der Waals surface area contributed by atoms with Gasteiger partial charge in [-0.15, -0.1) is 0 Å². The third-order valence-corrected chi connectivity index (χ3v) is 5.34. The Bertz CT molecular complexity index is 523. The summed E-state index contributed by atoms with van der Waals surface area (Å²) in [7, 11) is 0. The summed E-state index contributed by atoms with van der Waals surface area (Å²) >= 11 is 3.53. The van der Waals surface area contributed by atoms with Crippen LogP contribution in [0.3, 0.4) is 0 Å². The Kier molecular flexibility index (Phi) is 2.60. The van der Waals surface area contributed by atoms with Crippen molar-refractivity contribution >= 4 is 21.8 Å². The van der Waals surface area contributed by atoms with Crippen molar-refractivity contribution in [3.05, 3.63) is 33.8 Å². The first-order chi connectivity index (χ1) is 8.42. The molecule has 0 bridgehead atoms. The van der Waals surface area contributed by atoms with E-state index in [4.69, 9.17) is 0 Å². The lowest BCUT2D eigenvalue weighted by Crippen LogP contribution is -2.49. The van der Waals surface area contributed by atoms with Crippen LogP contribution < -0.4 is 5.32 Å². The van der Waals surface area contributed by atoms with Crippen LogP contribution in [0.15, 0.2) is 22.7 Å². The number of benzene rings is 1. The van der Waals surface area contributed by atoms with Gasteiger partial charge >= 0.3 is 0 Å². The smallest absolute Gasteiger partial charge is 0.221 e. The summed E-state index contributed by atoms with van der Waals surface area (Å²) in [4.78, 5) is 11.8. The Morgan fingerprint density at radius 2 is 2.00 bits per heavy atom. The molecule has 1 fully saturated rings. The van der Waals surface area contributed by atoms with Gasteiger partial charge in [-0.3, -0.25) is 4.79 Å². The van der Waals surface area contributed by atoms with Gasteiger partial charge in [0.2, 0.25) is 5.91 Å². The van der Waals surface area contributed by atoms with Crippen LogP contribution in [0, 0.1) is 5.41 Å². The van der Waals surface area contributed by atoms with E-state index >= 15 is 0 Å². The Balaban J connectivity index is 2.00. The molecular weight excluding hydrogens is 290 g/mol. The SMILES string of the molecule is CC1(C)NC(=O)CC12CCc1cc(Br)ccc1C2. The van der Waals surface area contributed by atoms with Crippen LogP contribution in [-0.2, 0) is 17.6 Å². The third kappa shape index (κ3) is 1.71. The molecule has 1 aromatic carbocycles. The standard InChI is InChI=1S/C15H18BrNO/c1-14(2)15(9-13(18)17-14)6-5-10-7-12(16)4-3-11(10)8-15/h3-4,7H,5-6,8-9H2,1-2H3,(H,17,18). The minimum atomic E-state index is -0.0884. The number of hydrogen-bond donors (Lipinski definition) is 1. The second kappa shape index (κ2) is 3.83. The first-order valence-corrected chi connectivity index (χ1v) is 7.30. The van der Waals surface area contributed by atoms with Crippen LogP contribution in [0.25, 0.3) is 0 Å². The summed E-state index contributed by atoms with van der Waals surface area (Å²) < 4.78 is 1.15. The molecule has 0 aromatic heterocycles. The summed E-state index contributed by atoms with van der Waals surface area (Å²) in [5.41, 5.74) is 2.86. The number of nitrogens with one attached hydrogen (secondary N) is 1. The van der Waals surface area contributed by atoms with E-state index in [9.17, 15) is 4.79 Å². The number of halogens is 1. The topological polar surface area (TPSA) is 29.1 Å². The van der Waals surface area contributed by atoms with Gasteiger partial charge < -0.3 is 5.32 Å². The van der Waals surface area contributed by atoms with Crippen molar-refractivity contribution in [2.24, 2.45) is 5.41 Å². The fourth-order valence-electron chi connectivity index (χ4n) is 3.56. The van der Waals surface area contributed by atoms with Crippen molar-refractivity contribution in [3.63, 3.8) is 0 Å². The minimum absolute atomic E-state index is 0.0884. The fourth-order valence-corrected chi connectivity index (χ4v) is 3.97. The van der Waals surface area contributed by atoms with E-state index in [0.29, 0.717) is 6.42 Å². The molecule has 2 aliphatic rings. The van der Waals surface area contributed by atoms with E-state index in [1.54, 1.807) is 0 Å². The predicted molar refractivity (Wildman–Crippen MR) is 75.4 cm³/mol. The Morgan fingerprint density at radius 3 is 2.67 bits per heavy atom. The summed E-state index contributed by atoms with van der Waals surface area (Å²) in [5, 5.41) is 3.15. The van der Waals surface area contributed by atoms with Gasteiger partial charge in [-0.2, -0.15) is 0 Å². The molecule has 1 amide bonds. The number of aryl methyl sites for hydroxylation is 1. The van der Waals surface area contributed by atoms with Crippen LogP contribution in [0.2, 0.25) is 0 Å². The monoisotopic (exact) mass is 307 g/mol. The maximum absolute atomic E-state index is 11.8. The van der Waals surface area contributed by atoms with Gasteiger partial charge in [-0.05, 0) is 56.4 Å². The fraction of sp³-hybridized carbons (Fsp3) is 0.533. The van der Waals surface area contributed by atoms with E-state index in [2.05, 4.69) is 53.3 Å². The van der Waals surface area contributed by atoms with Crippen LogP contribution in [-0.4, -0.2) is 11.4 Å². The molecule has 1 spiro atoms. The van der Waals surface area contributed by atoms with E-state index in [-0.39, 0.29) is 16.9 Å². The van der Waals surface area contributed by atoms with Gasteiger partial charge in [0.05, 0.1) is 0 Å². The summed E-state index contributed by atoms with van der Waals surface area (Å²) in [5.74, 6) is 0.209. The van der Waals surface area contributed by atoms with Crippen molar-refractivity contribution in [3.8, 4) is 0 Å². The predicted octanol–water partition coefficient (Wildman–Crippen LogP) is 3.22. The number of amides is 1. The largest absolute Gasteiger partial charge is 0.351 e. The average Bonchev–Trinajstić information content (AvgIpc) is 2.49. The second-order valence-corrected chi connectivity index (χ2v) is 7.14. The van der Waals surface area contributed by atoms with Crippen LogP contribution in [0.1, 0.15) is 37.8 Å². The summed E-state index contributed by atoms with van der Waals surface area (Å²) in [6.07, 6.45) is 3.87. The molecule has 3 rings (SSSR count). The highest BCUT2D eigenvalue weighted by Crippen LogP contribution is 2.49. The first-order valence-electron chi connectivity index (χ1n) is 6.50. The normalized spacial score (nSPS) is 29.2. The van der Waals surface area contributed by atoms with Crippen molar-refractivity contribution in [2.75, 3.05) is 0 Å². The van der Waals surface area contributed by atoms with E-state index in [1.165, 1.54) is 11.1 Å². The average molecular weight is 308 g/mol. The number of fused-ring (bicyclic) bond motifs is 1. The van der Waals surface area contributed by atoms with Gasteiger partial charge in [-0.1, -0.05) is 22.0 Å². The number of carbonyl (C=O) groups is 1. The summed E-state index contributed by atoms with van der Waals surface area (Å²) in [6.45, 7) is 4.34. The molecule has 0 saturated carbocycles. The lowest BCUT2D eigenvalue weighted by Gasteiger charge is -2.43. The second-order valence-electron chi connectivity index (χ2n) is 6.22. The molecule has 96 valence electrons. The Hall–Kier alpha value is -0.830. The van der Waals surface area contributed by atoms with Crippen LogP contribution >= 0.6 is 15.9 Å². The molecular formula is C15H18BrNO. The molecule has 1 aromatic rings. The lowest BCUT2D eigenvalue weighted by molar-refractivity contribution is -0.120. The van der Waals surface area contributed by atoms with E-state index in [0.717, 1.165) is 23.7 Å². The highest BCUT2D eigenvalue weighted by Gasteiger charge is 2.53. The molecule has 1 aliphatic carbocycles. The van der Waals surface area contributed by atoms with E-state index in [1.807, 2.05) is 0 Å². The molecule has 1 saturated heterocycles. The third-order valence-electron chi connectivity index (χ3n) is 4.85. The number of rotatable bonds is 0. The zero-order valence-corrected chi connectivity index (χ0v) is 12.4. The molecule has 1 aliphatic heterocycles. The van der Waals surface area contributed by atoms with Crippen molar-refractivity contribution < 1.29 is 4.79 Å². The van der Waals surface area contributed by atoms with Gasteiger partial charge in [0.15, 0.2) is 0 Å². The van der Waals surface area contributed by atoms with Crippen molar-refractivity contribution in [1.29, 1.82) is 0 Å². The summed E-state index contributed by atoms with van der Waals surface area (Å²) in [6, 6.07) is 6.54. The lowest BCUT2D eigenvalue weighted by atomic mass is 9.62. The molecule has 18 heavy (non-hydrogen) atoms. The van der Waals surface area contributed by atoms with Gasteiger partial charge in [-0.25, -0.2) is 0 Å². The molecule has 1 heterocycles. The highest BCUT2D eigenvalue weighted by atomic mass is 79.9. The van der Waals surface area contributed by atoms with Crippen molar-refractivity contribution in [2.45, 2.75) is 45.1 Å². The quantitative estimate of drug-likeness (QED) is 0.783. The van der Waals surface area contributed by atoms with Crippen LogP contribution in [0.4, 0.5) is 0 Å². The van der Waals surface area contributed by atoms with Crippen LogP contribution in [0.5, 0.6) is 0 Å². The van der Waals surface area contributed by atoms with Gasteiger partial charge in [0, 0.05) is 21.8 Å². The zero-order valence-electron chi connectivity index (χ0n) is 10.8. The van der Waals surface area contributed by atoms with Crippen molar-refractivity contribution in [1.82, 2.24) is 5.32 Å². The Morgan fingerprint density at radius 1 is 1.22 bits per heavy atom. The molecule has 1 unspecified atom stereocenters. The maximum Gasteiger partial charge on any atom is 0.221 e. The number of hydrogen-bond acceptors (Lipinski definition) is 1. The highest BCUT2D eigenvalue weighted by molar-refractivity contribution is 9.10. The molecule has 1 atom stereocenters.